The summed E-state index contributed by atoms with van der Waals surface area (Å²) in [5.74, 6) is 0. The van der Waals surface area contributed by atoms with E-state index in [1.807, 2.05) is 29.3 Å². The van der Waals surface area contributed by atoms with Gasteiger partial charge in [-0.05, 0) is 30.9 Å². The first-order chi connectivity index (χ1) is 7.95. The average molecular weight is 216 g/mol. The molecule has 2 aromatic heterocycles. The van der Waals surface area contributed by atoms with Gasteiger partial charge >= 0.3 is 0 Å². The van der Waals surface area contributed by atoms with E-state index >= 15 is 0 Å². The van der Waals surface area contributed by atoms with Gasteiger partial charge in [-0.2, -0.15) is 0 Å². The van der Waals surface area contributed by atoms with Gasteiger partial charge in [0, 0.05) is 31.3 Å². The molecule has 0 aliphatic heterocycles. The Morgan fingerprint density at radius 3 is 2.94 bits per heavy atom. The van der Waals surface area contributed by atoms with E-state index in [4.69, 9.17) is 0 Å². The summed E-state index contributed by atoms with van der Waals surface area (Å²) in [6.07, 6.45) is 12.6. The maximum atomic E-state index is 4.10. The van der Waals surface area contributed by atoms with Crippen LogP contribution < -0.4 is 5.43 Å². The van der Waals surface area contributed by atoms with Crippen molar-refractivity contribution < 1.29 is 0 Å². The summed E-state index contributed by atoms with van der Waals surface area (Å²) < 4.78 is 1.88. The molecule has 84 valence electrons. The zero-order valence-electron chi connectivity index (χ0n) is 9.21. The van der Waals surface area contributed by atoms with Crippen molar-refractivity contribution in [2.24, 2.45) is 0 Å². The van der Waals surface area contributed by atoms with E-state index in [2.05, 4.69) is 21.5 Å². The molecule has 0 saturated heterocycles. The van der Waals surface area contributed by atoms with Crippen LogP contribution in [0.5, 0.6) is 0 Å². The first-order valence-electron chi connectivity index (χ1n) is 5.56. The van der Waals surface area contributed by atoms with E-state index in [1.165, 1.54) is 12.0 Å². The lowest BCUT2D eigenvalue weighted by Gasteiger charge is -2.06. The van der Waals surface area contributed by atoms with Crippen molar-refractivity contribution in [3.05, 3.63) is 48.8 Å². The first-order valence-corrected chi connectivity index (χ1v) is 5.56. The second-order valence-electron chi connectivity index (χ2n) is 3.70. The minimum Gasteiger partial charge on any atom is -0.325 e. The third-order valence-electron chi connectivity index (χ3n) is 2.41. The molecule has 0 saturated carbocycles. The highest BCUT2D eigenvalue weighted by Crippen LogP contribution is 2.02. The second-order valence-corrected chi connectivity index (χ2v) is 3.70. The Morgan fingerprint density at radius 1 is 1.19 bits per heavy atom. The highest BCUT2D eigenvalue weighted by atomic mass is 15.4. The fraction of sp³-hybridized carbons (Fsp3) is 0.333. The van der Waals surface area contributed by atoms with Crippen LogP contribution in [0.25, 0.3) is 0 Å². The maximum absolute atomic E-state index is 4.10. The smallest absolute Gasteiger partial charge is 0.114 e. The summed E-state index contributed by atoms with van der Waals surface area (Å²) in [5, 5.41) is 0. The Bertz CT molecular complexity index is 383. The van der Waals surface area contributed by atoms with E-state index in [1.54, 1.807) is 12.5 Å². The number of hydrogen-bond donors (Lipinski definition) is 1. The van der Waals surface area contributed by atoms with Crippen molar-refractivity contribution in [3.8, 4) is 0 Å². The molecule has 4 nitrogen and oxygen atoms in total. The number of pyridine rings is 1. The quantitative estimate of drug-likeness (QED) is 0.749. The Kier molecular flexibility index (Phi) is 3.94. The van der Waals surface area contributed by atoms with Crippen molar-refractivity contribution in [2.75, 3.05) is 12.0 Å². The Balaban J connectivity index is 1.59. The zero-order chi connectivity index (χ0) is 11.1. The fourth-order valence-electron chi connectivity index (χ4n) is 1.56. The molecule has 0 unspecified atom stereocenters. The van der Waals surface area contributed by atoms with Crippen molar-refractivity contribution in [2.45, 2.75) is 19.3 Å². The van der Waals surface area contributed by atoms with Crippen LogP contribution in [0.2, 0.25) is 0 Å². The van der Waals surface area contributed by atoms with Crippen LogP contribution in [0.1, 0.15) is 18.4 Å². The molecule has 0 aliphatic carbocycles. The fourth-order valence-corrected chi connectivity index (χ4v) is 1.56. The van der Waals surface area contributed by atoms with Gasteiger partial charge in [0.2, 0.25) is 0 Å². The molecule has 0 aliphatic rings. The minimum atomic E-state index is 0.969. The molecule has 0 bridgehead atoms. The number of hydrogen-bond acceptors (Lipinski definition) is 3. The molecule has 0 fully saturated rings. The zero-order valence-corrected chi connectivity index (χ0v) is 9.21. The van der Waals surface area contributed by atoms with Gasteiger partial charge in [0.15, 0.2) is 0 Å². The summed E-state index contributed by atoms with van der Waals surface area (Å²) in [4.78, 5) is 8.06. The SMILES string of the molecule is c1cncc(CCCCNn2ccnc2)c1. The maximum Gasteiger partial charge on any atom is 0.114 e. The topological polar surface area (TPSA) is 42.7 Å². The Labute approximate surface area is 95.3 Å². The summed E-state index contributed by atoms with van der Waals surface area (Å²) in [6.45, 7) is 0.969. The van der Waals surface area contributed by atoms with E-state index in [0.29, 0.717) is 0 Å². The molecule has 2 rings (SSSR count). The number of imidazole rings is 1. The molecule has 0 spiro atoms. The van der Waals surface area contributed by atoms with Crippen LogP contribution >= 0.6 is 0 Å². The summed E-state index contributed by atoms with van der Waals surface area (Å²) in [6, 6.07) is 4.11. The molecule has 0 radical (unpaired) electrons. The van der Waals surface area contributed by atoms with Crippen LogP contribution in [0.15, 0.2) is 43.2 Å². The normalized spacial score (nSPS) is 10.2. The van der Waals surface area contributed by atoms with E-state index in [-0.39, 0.29) is 0 Å². The lowest BCUT2D eigenvalue weighted by Crippen LogP contribution is -2.13. The highest BCUT2D eigenvalue weighted by Gasteiger charge is 1.93. The second kappa shape index (κ2) is 5.90. The molecule has 2 aromatic rings. The van der Waals surface area contributed by atoms with Gasteiger partial charge in [0.05, 0.1) is 0 Å². The lowest BCUT2D eigenvalue weighted by atomic mass is 10.1. The molecule has 0 aromatic carbocycles. The molecule has 0 atom stereocenters. The van der Waals surface area contributed by atoms with Crippen LogP contribution in [-0.2, 0) is 6.42 Å². The largest absolute Gasteiger partial charge is 0.325 e. The minimum absolute atomic E-state index is 0.969. The number of unbranched alkanes of at least 4 members (excludes halogenated alkanes) is 1. The van der Waals surface area contributed by atoms with Crippen molar-refractivity contribution in [1.29, 1.82) is 0 Å². The van der Waals surface area contributed by atoms with Gasteiger partial charge in [-0.15, -0.1) is 0 Å². The van der Waals surface area contributed by atoms with Crippen molar-refractivity contribution >= 4 is 0 Å². The van der Waals surface area contributed by atoms with Crippen LogP contribution in [-0.4, -0.2) is 21.2 Å². The highest BCUT2D eigenvalue weighted by molar-refractivity contribution is 5.08. The van der Waals surface area contributed by atoms with Crippen LogP contribution in [0.3, 0.4) is 0 Å². The number of nitrogens with one attached hydrogen (secondary N) is 1. The molecular weight excluding hydrogens is 200 g/mol. The van der Waals surface area contributed by atoms with Gasteiger partial charge in [0.25, 0.3) is 0 Å². The number of aromatic nitrogens is 3. The molecule has 0 amide bonds. The predicted molar refractivity (Wildman–Crippen MR) is 63.6 cm³/mol. The summed E-state index contributed by atoms with van der Waals surface area (Å²) in [5.41, 5.74) is 4.56. The van der Waals surface area contributed by atoms with Crippen LogP contribution in [0, 0.1) is 0 Å². The predicted octanol–water partition coefficient (Wildman–Crippen LogP) is 1.84. The molecule has 2 heterocycles. The molecule has 16 heavy (non-hydrogen) atoms. The van der Waals surface area contributed by atoms with Crippen molar-refractivity contribution in [1.82, 2.24) is 14.6 Å². The third kappa shape index (κ3) is 3.38. The van der Waals surface area contributed by atoms with Gasteiger partial charge in [-0.1, -0.05) is 6.07 Å². The molecular formula is C12H16N4. The van der Waals surface area contributed by atoms with E-state index in [9.17, 15) is 0 Å². The Morgan fingerprint density at radius 2 is 2.19 bits per heavy atom. The van der Waals surface area contributed by atoms with Gasteiger partial charge < -0.3 is 5.43 Å². The van der Waals surface area contributed by atoms with Gasteiger partial charge in [-0.25, -0.2) is 4.98 Å². The van der Waals surface area contributed by atoms with Gasteiger partial charge in [-0.3, -0.25) is 9.66 Å². The number of rotatable bonds is 6. The van der Waals surface area contributed by atoms with E-state index < -0.39 is 0 Å². The number of nitrogens with zero attached hydrogens (tertiary/aromatic N) is 3. The summed E-state index contributed by atoms with van der Waals surface area (Å²) >= 11 is 0. The standard InChI is InChI=1S/C12H16N4/c1(4-12-5-3-6-13-10-12)2-7-15-16-9-8-14-11-16/h3,5-6,8-11,15H,1-2,4,7H2. The monoisotopic (exact) mass is 216 g/mol. The van der Waals surface area contributed by atoms with Gasteiger partial charge in [0.1, 0.15) is 6.33 Å². The lowest BCUT2D eigenvalue weighted by molar-refractivity contribution is 0.713. The van der Waals surface area contributed by atoms with Crippen molar-refractivity contribution in [3.63, 3.8) is 0 Å². The first kappa shape index (κ1) is 10.7. The average Bonchev–Trinajstić information content (AvgIpc) is 2.83. The molecule has 4 heteroatoms. The third-order valence-corrected chi connectivity index (χ3v) is 2.41. The number of aryl methyl sites for hydroxylation is 1. The Hall–Kier alpha value is -1.84. The van der Waals surface area contributed by atoms with E-state index in [0.717, 1.165) is 19.4 Å². The van der Waals surface area contributed by atoms with Crippen LogP contribution in [0.4, 0.5) is 0 Å². The molecule has 1 N–H and O–H groups in total. The summed E-state index contributed by atoms with van der Waals surface area (Å²) in [7, 11) is 0.